The summed E-state index contributed by atoms with van der Waals surface area (Å²) in [5.41, 5.74) is 0.372. The lowest BCUT2D eigenvalue weighted by Crippen LogP contribution is -2.28. The molecule has 0 heterocycles. The molecule has 0 aliphatic heterocycles. The molecule has 130 valence electrons. The Morgan fingerprint density at radius 1 is 1.17 bits per heavy atom. The van der Waals surface area contributed by atoms with Crippen LogP contribution in [-0.4, -0.2) is 32.6 Å². The number of carboxylic acids is 1. The van der Waals surface area contributed by atoms with Crippen molar-refractivity contribution in [3.05, 3.63) is 23.8 Å². The van der Waals surface area contributed by atoms with E-state index in [0.29, 0.717) is 24.7 Å². The summed E-state index contributed by atoms with van der Waals surface area (Å²) in [6.07, 6.45) is 0.888. The van der Waals surface area contributed by atoms with E-state index in [1.165, 1.54) is 18.2 Å². The average Bonchev–Trinajstić information content (AvgIpc) is 2.45. The predicted octanol–water partition coefficient (Wildman–Crippen LogP) is 2.78. The first-order chi connectivity index (χ1) is 10.6. The number of hydrogen-bond donors (Lipinski definition) is 3. The van der Waals surface area contributed by atoms with E-state index in [2.05, 4.69) is 23.9 Å². The van der Waals surface area contributed by atoms with Gasteiger partial charge in [-0.3, -0.25) is 0 Å². The minimum absolute atomic E-state index is 0.0261. The first kappa shape index (κ1) is 19.4. The highest BCUT2D eigenvalue weighted by Gasteiger charge is 2.21. The number of benzene rings is 1. The van der Waals surface area contributed by atoms with Crippen LogP contribution in [0.25, 0.3) is 0 Å². The van der Waals surface area contributed by atoms with Crippen molar-refractivity contribution in [2.75, 3.05) is 18.4 Å². The largest absolute Gasteiger partial charge is 0.478 e. The van der Waals surface area contributed by atoms with Gasteiger partial charge in [-0.05, 0) is 36.5 Å². The molecule has 3 N–H and O–H groups in total. The van der Waals surface area contributed by atoms with Crippen LogP contribution in [0.3, 0.4) is 0 Å². The quantitative estimate of drug-likeness (QED) is 0.641. The first-order valence-electron chi connectivity index (χ1n) is 7.74. The maximum Gasteiger partial charge on any atom is 0.335 e. The second-order valence-electron chi connectivity index (χ2n) is 6.37. The zero-order valence-corrected chi connectivity index (χ0v) is 14.9. The van der Waals surface area contributed by atoms with E-state index in [-0.39, 0.29) is 16.4 Å². The van der Waals surface area contributed by atoms with Crippen LogP contribution in [0.15, 0.2) is 23.1 Å². The predicted molar refractivity (Wildman–Crippen MR) is 91.4 cm³/mol. The third kappa shape index (κ3) is 6.19. The SMILES string of the molecule is CC(C)CCNc1ccc(C(=O)O)cc1S(=O)(=O)NCC(C)C. The van der Waals surface area contributed by atoms with E-state index in [1.807, 2.05) is 13.8 Å². The summed E-state index contributed by atoms with van der Waals surface area (Å²) in [4.78, 5) is 11.1. The number of anilines is 1. The van der Waals surface area contributed by atoms with Crippen LogP contribution < -0.4 is 10.0 Å². The number of rotatable bonds is 9. The molecular weight excluding hydrogens is 316 g/mol. The minimum atomic E-state index is -3.77. The molecule has 23 heavy (non-hydrogen) atoms. The zero-order chi connectivity index (χ0) is 17.6. The highest BCUT2D eigenvalue weighted by Crippen LogP contribution is 2.23. The van der Waals surface area contributed by atoms with E-state index < -0.39 is 16.0 Å². The summed E-state index contributed by atoms with van der Waals surface area (Å²) in [6, 6.07) is 4.11. The molecule has 0 fully saturated rings. The Hall–Kier alpha value is -1.60. The summed E-state index contributed by atoms with van der Waals surface area (Å²) in [6.45, 7) is 8.88. The van der Waals surface area contributed by atoms with E-state index >= 15 is 0 Å². The molecule has 7 heteroatoms. The van der Waals surface area contributed by atoms with Gasteiger partial charge in [0.05, 0.1) is 11.3 Å². The Labute approximate surface area is 138 Å². The van der Waals surface area contributed by atoms with Gasteiger partial charge in [-0.15, -0.1) is 0 Å². The van der Waals surface area contributed by atoms with E-state index in [9.17, 15) is 13.2 Å². The molecule has 0 unspecified atom stereocenters. The van der Waals surface area contributed by atoms with E-state index in [1.54, 1.807) is 0 Å². The maximum atomic E-state index is 12.5. The highest BCUT2D eigenvalue weighted by molar-refractivity contribution is 7.89. The lowest BCUT2D eigenvalue weighted by Gasteiger charge is -2.15. The second-order valence-corrected chi connectivity index (χ2v) is 8.11. The molecule has 1 aromatic rings. The van der Waals surface area contributed by atoms with Gasteiger partial charge < -0.3 is 10.4 Å². The van der Waals surface area contributed by atoms with Gasteiger partial charge >= 0.3 is 5.97 Å². The summed E-state index contributed by atoms with van der Waals surface area (Å²) in [7, 11) is -3.77. The molecule has 0 saturated carbocycles. The number of hydrogen-bond acceptors (Lipinski definition) is 4. The number of carbonyl (C=O) groups is 1. The van der Waals surface area contributed by atoms with Gasteiger partial charge in [0.1, 0.15) is 4.90 Å². The molecular formula is C16H26N2O4S. The fourth-order valence-corrected chi connectivity index (χ4v) is 3.29. The molecule has 0 bridgehead atoms. The molecule has 6 nitrogen and oxygen atoms in total. The van der Waals surface area contributed by atoms with Crippen molar-refractivity contribution in [1.82, 2.24) is 4.72 Å². The summed E-state index contributed by atoms with van der Waals surface area (Å²) >= 11 is 0. The third-order valence-electron chi connectivity index (χ3n) is 3.24. The van der Waals surface area contributed by atoms with Crippen LogP contribution in [0.5, 0.6) is 0 Å². The van der Waals surface area contributed by atoms with Gasteiger partial charge in [0.2, 0.25) is 10.0 Å². The van der Waals surface area contributed by atoms with Crippen molar-refractivity contribution in [2.45, 2.75) is 39.0 Å². The summed E-state index contributed by atoms with van der Waals surface area (Å²) in [5, 5.41) is 12.2. The van der Waals surface area contributed by atoms with Gasteiger partial charge in [-0.1, -0.05) is 27.7 Å². The Balaban J connectivity index is 3.12. The minimum Gasteiger partial charge on any atom is -0.478 e. The van der Waals surface area contributed by atoms with Crippen molar-refractivity contribution in [3.63, 3.8) is 0 Å². The van der Waals surface area contributed by atoms with Gasteiger partial charge in [0.15, 0.2) is 0 Å². The van der Waals surface area contributed by atoms with Gasteiger partial charge in [-0.25, -0.2) is 17.9 Å². The number of sulfonamides is 1. The van der Waals surface area contributed by atoms with Crippen molar-refractivity contribution < 1.29 is 18.3 Å². The van der Waals surface area contributed by atoms with Crippen LogP contribution in [0, 0.1) is 11.8 Å². The van der Waals surface area contributed by atoms with E-state index in [4.69, 9.17) is 5.11 Å². The maximum absolute atomic E-state index is 12.5. The van der Waals surface area contributed by atoms with Crippen molar-refractivity contribution in [2.24, 2.45) is 11.8 Å². The van der Waals surface area contributed by atoms with Crippen molar-refractivity contribution in [1.29, 1.82) is 0 Å². The first-order valence-corrected chi connectivity index (χ1v) is 9.22. The topological polar surface area (TPSA) is 95.5 Å². The molecule has 0 aliphatic carbocycles. The molecule has 0 radical (unpaired) electrons. The van der Waals surface area contributed by atoms with E-state index in [0.717, 1.165) is 6.42 Å². The van der Waals surface area contributed by atoms with Crippen LogP contribution in [0.1, 0.15) is 44.5 Å². The number of nitrogens with one attached hydrogen (secondary N) is 2. The molecule has 0 aromatic heterocycles. The lowest BCUT2D eigenvalue weighted by atomic mass is 10.1. The smallest absolute Gasteiger partial charge is 0.335 e. The monoisotopic (exact) mass is 342 g/mol. The van der Waals surface area contributed by atoms with Crippen molar-refractivity contribution in [3.8, 4) is 0 Å². The second kappa shape index (κ2) is 8.31. The fraction of sp³-hybridized carbons (Fsp3) is 0.562. The fourth-order valence-electron chi connectivity index (χ4n) is 1.87. The van der Waals surface area contributed by atoms with Crippen LogP contribution in [0.2, 0.25) is 0 Å². The molecule has 0 saturated heterocycles. The van der Waals surface area contributed by atoms with Crippen LogP contribution in [-0.2, 0) is 10.0 Å². The Morgan fingerprint density at radius 3 is 2.35 bits per heavy atom. The van der Waals surface area contributed by atoms with Gasteiger partial charge in [0.25, 0.3) is 0 Å². The Bertz CT molecular complexity index is 639. The molecule has 0 spiro atoms. The summed E-state index contributed by atoms with van der Waals surface area (Å²) in [5.74, 6) is -0.510. The molecule has 1 rings (SSSR count). The molecule has 0 atom stereocenters. The lowest BCUT2D eigenvalue weighted by molar-refractivity contribution is 0.0696. The normalized spacial score (nSPS) is 11.9. The zero-order valence-electron chi connectivity index (χ0n) is 14.1. The number of carboxylic acid groups (broad SMARTS) is 1. The molecule has 0 aliphatic rings. The average molecular weight is 342 g/mol. The molecule has 1 aromatic carbocycles. The Kier molecular flexibility index (Phi) is 7.02. The standard InChI is InChI=1S/C16H26N2O4S/c1-11(2)7-8-17-14-6-5-13(16(19)20)9-15(14)23(21,22)18-10-12(3)4/h5-6,9,11-12,17-18H,7-8,10H2,1-4H3,(H,19,20). The molecule has 0 amide bonds. The van der Waals surface area contributed by atoms with Crippen LogP contribution >= 0.6 is 0 Å². The number of aromatic carboxylic acids is 1. The summed E-state index contributed by atoms with van der Waals surface area (Å²) < 4.78 is 27.5. The van der Waals surface area contributed by atoms with Crippen LogP contribution in [0.4, 0.5) is 5.69 Å². The van der Waals surface area contributed by atoms with Gasteiger partial charge in [0, 0.05) is 13.1 Å². The Morgan fingerprint density at radius 2 is 1.83 bits per heavy atom. The van der Waals surface area contributed by atoms with Crippen molar-refractivity contribution >= 4 is 21.7 Å². The highest BCUT2D eigenvalue weighted by atomic mass is 32.2. The van der Waals surface area contributed by atoms with Gasteiger partial charge in [-0.2, -0.15) is 0 Å². The third-order valence-corrected chi connectivity index (χ3v) is 4.70.